The van der Waals surface area contributed by atoms with Crippen LogP contribution in [0.2, 0.25) is 5.02 Å². The molecule has 0 aliphatic heterocycles. The Labute approximate surface area is 189 Å². The Kier molecular flexibility index (Phi) is 5.94. The van der Waals surface area contributed by atoms with Gasteiger partial charge in [0, 0.05) is 16.1 Å². The number of rotatable bonds is 7. The van der Waals surface area contributed by atoms with E-state index in [1.54, 1.807) is 12.1 Å². The molecule has 1 fully saturated rings. The zero-order valence-corrected chi connectivity index (χ0v) is 19.2. The Balaban J connectivity index is 1.37. The number of esters is 1. The minimum Gasteiger partial charge on any atom is -0.487 e. The standard InChI is InChI=1S/C24H23BrClNO3/c1-24(2)21(22(24)30-20-9-8-17(25)13-18(20)26)23(28)29-14-19-16(10-11-27-19)12-15-6-4-3-5-7-15/h3-11,13,21-22,27H,12,14H2,1-2H3. The first-order valence-corrected chi connectivity index (χ1v) is 11.0. The topological polar surface area (TPSA) is 51.3 Å². The maximum Gasteiger partial charge on any atom is 0.313 e. The highest BCUT2D eigenvalue weighted by Gasteiger charge is 2.65. The number of halogens is 2. The first kappa shape index (κ1) is 21.0. The molecule has 156 valence electrons. The summed E-state index contributed by atoms with van der Waals surface area (Å²) in [7, 11) is 0. The van der Waals surface area contributed by atoms with E-state index in [0.717, 1.165) is 22.2 Å². The van der Waals surface area contributed by atoms with Crippen LogP contribution < -0.4 is 4.74 Å². The Morgan fingerprint density at radius 2 is 1.93 bits per heavy atom. The van der Waals surface area contributed by atoms with Gasteiger partial charge in [0.05, 0.1) is 10.7 Å². The summed E-state index contributed by atoms with van der Waals surface area (Å²) in [6.45, 7) is 4.23. The third kappa shape index (κ3) is 4.42. The second kappa shape index (κ2) is 8.48. The lowest BCUT2D eigenvalue weighted by molar-refractivity contribution is -0.148. The number of hydrogen-bond acceptors (Lipinski definition) is 3. The fourth-order valence-electron chi connectivity index (χ4n) is 3.73. The van der Waals surface area contributed by atoms with Gasteiger partial charge in [0.1, 0.15) is 24.4 Å². The molecule has 1 N–H and O–H groups in total. The van der Waals surface area contributed by atoms with Crippen molar-refractivity contribution in [3.05, 3.63) is 87.1 Å². The van der Waals surface area contributed by atoms with Crippen molar-refractivity contribution in [2.24, 2.45) is 11.3 Å². The summed E-state index contributed by atoms with van der Waals surface area (Å²) in [5.74, 6) is -0.00833. The molecule has 1 aliphatic carbocycles. The summed E-state index contributed by atoms with van der Waals surface area (Å²) in [5, 5.41) is 0.510. The molecule has 2 atom stereocenters. The van der Waals surface area contributed by atoms with E-state index in [9.17, 15) is 4.79 Å². The normalized spacial score (nSPS) is 19.3. The van der Waals surface area contributed by atoms with Crippen molar-refractivity contribution < 1.29 is 14.3 Å². The van der Waals surface area contributed by atoms with Gasteiger partial charge in [-0.3, -0.25) is 4.79 Å². The van der Waals surface area contributed by atoms with Gasteiger partial charge in [-0.2, -0.15) is 0 Å². The van der Waals surface area contributed by atoms with Crippen molar-refractivity contribution in [1.82, 2.24) is 4.98 Å². The summed E-state index contributed by atoms with van der Waals surface area (Å²) in [6.07, 6.45) is 2.40. The van der Waals surface area contributed by atoms with Gasteiger partial charge in [-0.25, -0.2) is 0 Å². The molecule has 2 unspecified atom stereocenters. The van der Waals surface area contributed by atoms with Crippen molar-refractivity contribution in [3.63, 3.8) is 0 Å². The van der Waals surface area contributed by atoms with Crippen molar-refractivity contribution in [2.45, 2.75) is 33.0 Å². The first-order chi connectivity index (χ1) is 14.4. The highest BCUT2D eigenvalue weighted by molar-refractivity contribution is 9.10. The molecule has 6 heteroatoms. The van der Waals surface area contributed by atoms with E-state index in [4.69, 9.17) is 21.1 Å². The minimum absolute atomic E-state index is 0.215. The third-order valence-corrected chi connectivity index (χ3v) is 6.44. The van der Waals surface area contributed by atoms with E-state index < -0.39 is 0 Å². The Morgan fingerprint density at radius 3 is 2.67 bits per heavy atom. The van der Waals surface area contributed by atoms with Crippen molar-refractivity contribution in [1.29, 1.82) is 0 Å². The fourth-order valence-corrected chi connectivity index (χ4v) is 4.45. The van der Waals surface area contributed by atoms with Crippen LogP contribution in [0, 0.1) is 11.3 Å². The Morgan fingerprint density at radius 1 is 1.17 bits per heavy atom. The molecule has 0 amide bonds. The minimum atomic E-state index is -0.329. The second-order valence-electron chi connectivity index (χ2n) is 8.16. The third-order valence-electron chi connectivity index (χ3n) is 5.66. The van der Waals surface area contributed by atoms with Crippen LogP contribution in [0.15, 0.2) is 65.3 Å². The molecule has 0 bridgehead atoms. The quantitative estimate of drug-likeness (QED) is 0.405. The maximum atomic E-state index is 12.8. The number of carbonyl (C=O) groups is 1. The second-order valence-corrected chi connectivity index (χ2v) is 9.49. The van der Waals surface area contributed by atoms with Crippen molar-refractivity contribution in [3.8, 4) is 5.75 Å². The molecule has 1 aliphatic rings. The summed E-state index contributed by atoms with van der Waals surface area (Å²) in [5.41, 5.74) is 2.95. The van der Waals surface area contributed by atoms with E-state index in [2.05, 4.69) is 33.0 Å². The van der Waals surface area contributed by atoms with E-state index in [1.807, 2.05) is 50.4 Å². The van der Waals surface area contributed by atoms with E-state index in [0.29, 0.717) is 10.8 Å². The van der Waals surface area contributed by atoms with E-state index >= 15 is 0 Å². The molecule has 1 heterocycles. The van der Waals surface area contributed by atoms with Crippen LogP contribution in [0.1, 0.15) is 30.7 Å². The number of nitrogens with one attached hydrogen (secondary N) is 1. The number of carbonyl (C=O) groups excluding carboxylic acids is 1. The molecule has 2 aromatic carbocycles. The van der Waals surface area contributed by atoms with Gasteiger partial charge in [0.2, 0.25) is 0 Å². The number of H-pyrrole nitrogens is 1. The van der Waals surface area contributed by atoms with Gasteiger partial charge in [-0.1, -0.05) is 71.7 Å². The molecule has 1 saturated carbocycles. The fraction of sp³-hybridized carbons (Fsp3) is 0.292. The molecule has 3 aromatic rings. The molecule has 4 rings (SSSR count). The Hall–Kier alpha value is -2.24. The van der Waals surface area contributed by atoms with Crippen LogP contribution in [0.5, 0.6) is 5.75 Å². The average molecular weight is 489 g/mol. The number of hydrogen-bond donors (Lipinski definition) is 1. The molecule has 4 nitrogen and oxygen atoms in total. The molecule has 1 aromatic heterocycles. The summed E-state index contributed by atoms with van der Waals surface area (Å²) in [4.78, 5) is 16.0. The average Bonchev–Trinajstić information content (AvgIpc) is 3.02. The van der Waals surface area contributed by atoms with Gasteiger partial charge in [0.25, 0.3) is 0 Å². The highest BCUT2D eigenvalue weighted by Crippen LogP contribution is 2.55. The largest absolute Gasteiger partial charge is 0.487 e. The van der Waals surface area contributed by atoms with Crippen LogP contribution >= 0.6 is 27.5 Å². The lowest BCUT2D eigenvalue weighted by Gasteiger charge is -2.09. The lowest BCUT2D eigenvalue weighted by atomic mass is 10.1. The first-order valence-electron chi connectivity index (χ1n) is 9.83. The van der Waals surface area contributed by atoms with Crippen LogP contribution in [0.25, 0.3) is 0 Å². The molecule has 30 heavy (non-hydrogen) atoms. The van der Waals surface area contributed by atoms with E-state index in [1.165, 1.54) is 5.56 Å². The summed E-state index contributed by atoms with van der Waals surface area (Å²) >= 11 is 9.64. The lowest BCUT2D eigenvalue weighted by Crippen LogP contribution is -2.13. The van der Waals surface area contributed by atoms with Crippen molar-refractivity contribution in [2.75, 3.05) is 0 Å². The number of ether oxygens (including phenoxy) is 2. The van der Waals surface area contributed by atoms with Crippen molar-refractivity contribution >= 4 is 33.5 Å². The van der Waals surface area contributed by atoms with Gasteiger partial charge in [0.15, 0.2) is 0 Å². The number of benzene rings is 2. The zero-order valence-electron chi connectivity index (χ0n) is 16.8. The van der Waals surface area contributed by atoms with Crippen LogP contribution in [-0.2, 0) is 22.6 Å². The number of aromatic nitrogens is 1. The molecule has 0 saturated heterocycles. The molecular formula is C24H23BrClNO3. The maximum absolute atomic E-state index is 12.8. The van der Waals surface area contributed by atoms with Crippen LogP contribution in [0.3, 0.4) is 0 Å². The monoisotopic (exact) mass is 487 g/mol. The van der Waals surface area contributed by atoms with Crippen LogP contribution in [-0.4, -0.2) is 17.1 Å². The highest BCUT2D eigenvalue weighted by atomic mass is 79.9. The summed E-state index contributed by atoms with van der Waals surface area (Å²) < 4.78 is 12.6. The molecule has 0 spiro atoms. The molecular weight excluding hydrogens is 466 g/mol. The zero-order chi connectivity index (χ0) is 21.3. The van der Waals surface area contributed by atoms with E-state index in [-0.39, 0.29) is 30.0 Å². The number of aromatic amines is 1. The predicted molar refractivity (Wildman–Crippen MR) is 121 cm³/mol. The molecule has 0 radical (unpaired) electrons. The SMILES string of the molecule is CC1(C)C(Oc2ccc(Br)cc2Cl)C1C(=O)OCc1[nH]ccc1Cc1ccccc1. The van der Waals surface area contributed by atoms with Gasteiger partial charge in [-0.05, 0) is 41.8 Å². The van der Waals surface area contributed by atoms with Gasteiger partial charge < -0.3 is 14.5 Å². The Bertz CT molecular complexity index is 1050. The predicted octanol–water partition coefficient (Wildman–Crippen LogP) is 6.17. The smallest absolute Gasteiger partial charge is 0.313 e. The summed E-state index contributed by atoms with van der Waals surface area (Å²) in [6, 6.07) is 17.7. The van der Waals surface area contributed by atoms with Gasteiger partial charge >= 0.3 is 5.97 Å². The van der Waals surface area contributed by atoms with Crippen LogP contribution in [0.4, 0.5) is 0 Å². The van der Waals surface area contributed by atoms with Gasteiger partial charge in [-0.15, -0.1) is 0 Å².